The summed E-state index contributed by atoms with van der Waals surface area (Å²) in [6.07, 6.45) is 1.68. The lowest BCUT2D eigenvalue weighted by molar-refractivity contribution is 0.0614. The van der Waals surface area contributed by atoms with Crippen molar-refractivity contribution >= 4 is 23.4 Å². The number of halogens is 1. The summed E-state index contributed by atoms with van der Waals surface area (Å²) in [4.78, 5) is 1.21. The molecule has 0 radical (unpaired) electrons. The van der Waals surface area contributed by atoms with Crippen LogP contribution in [0.25, 0.3) is 0 Å². The third-order valence-electron chi connectivity index (χ3n) is 3.10. The highest BCUT2D eigenvalue weighted by atomic mass is 35.5. The molecule has 1 nitrogen and oxygen atoms in total. The number of benzene rings is 1. The molecule has 18 heavy (non-hydrogen) atoms. The summed E-state index contributed by atoms with van der Waals surface area (Å²) in [6.45, 7) is 6.21. The predicted octanol–water partition coefficient (Wildman–Crippen LogP) is 4.57. The first-order chi connectivity index (χ1) is 8.51. The maximum Gasteiger partial charge on any atom is 0.0724 e. The molecule has 0 heterocycles. The van der Waals surface area contributed by atoms with Crippen LogP contribution in [0.2, 0.25) is 0 Å². The van der Waals surface area contributed by atoms with E-state index in [4.69, 9.17) is 11.6 Å². The molecule has 0 bridgehead atoms. The molecule has 0 unspecified atom stereocenters. The van der Waals surface area contributed by atoms with E-state index in [-0.39, 0.29) is 16.8 Å². The predicted molar refractivity (Wildman–Crippen MR) is 81.5 cm³/mol. The normalized spacial score (nSPS) is 15.4. The molecule has 3 heteroatoms. The van der Waals surface area contributed by atoms with Gasteiger partial charge in [0.25, 0.3) is 0 Å². The molecule has 0 aliphatic carbocycles. The van der Waals surface area contributed by atoms with Gasteiger partial charge in [-0.3, -0.25) is 0 Å². The standard InChI is InChI=1S/C15H23ClOS/c1-4-8-13(14(17)15(2,3)11-16)18-12-9-6-5-7-10-12/h5-7,9-10,13-14,17H,4,8,11H2,1-3H3/t13-,14+/m1/s1. The molecule has 0 saturated carbocycles. The molecule has 0 aliphatic rings. The van der Waals surface area contributed by atoms with E-state index >= 15 is 0 Å². The van der Waals surface area contributed by atoms with Gasteiger partial charge in [0.1, 0.15) is 0 Å². The molecule has 0 aromatic heterocycles. The van der Waals surface area contributed by atoms with Crippen molar-refractivity contribution in [3.63, 3.8) is 0 Å². The SMILES string of the molecule is CCC[C@@H](Sc1ccccc1)[C@H](O)C(C)(C)CCl. The Balaban J connectivity index is 2.76. The molecule has 1 aromatic rings. The first-order valence-electron chi connectivity index (χ1n) is 6.47. The highest BCUT2D eigenvalue weighted by molar-refractivity contribution is 8.00. The maximum atomic E-state index is 10.5. The lowest BCUT2D eigenvalue weighted by Gasteiger charge is -2.34. The van der Waals surface area contributed by atoms with E-state index in [1.165, 1.54) is 4.90 Å². The van der Waals surface area contributed by atoms with E-state index in [1.807, 2.05) is 32.0 Å². The Morgan fingerprint density at radius 1 is 1.28 bits per heavy atom. The quantitative estimate of drug-likeness (QED) is 0.585. The smallest absolute Gasteiger partial charge is 0.0724 e. The van der Waals surface area contributed by atoms with Gasteiger partial charge in [-0.05, 0) is 18.6 Å². The van der Waals surface area contributed by atoms with Crippen molar-refractivity contribution in [2.75, 3.05) is 5.88 Å². The molecule has 102 valence electrons. The molecule has 1 N–H and O–H groups in total. The summed E-state index contributed by atoms with van der Waals surface area (Å²) in [6, 6.07) is 10.3. The van der Waals surface area contributed by atoms with E-state index in [0.717, 1.165) is 12.8 Å². The average Bonchev–Trinajstić information content (AvgIpc) is 2.38. The number of hydrogen-bond donors (Lipinski definition) is 1. The maximum absolute atomic E-state index is 10.5. The summed E-state index contributed by atoms with van der Waals surface area (Å²) >= 11 is 7.72. The van der Waals surface area contributed by atoms with Crippen LogP contribution in [0, 0.1) is 5.41 Å². The zero-order chi connectivity index (χ0) is 13.6. The van der Waals surface area contributed by atoms with Gasteiger partial charge in [0, 0.05) is 21.4 Å². The second kappa shape index (κ2) is 7.42. The Hall–Kier alpha value is -0.180. The molecule has 0 aliphatic heterocycles. The van der Waals surface area contributed by atoms with Crippen LogP contribution in [0.4, 0.5) is 0 Å². The van der Waals surface area contributed by atoms with Gasteiger partial charge in [0.15, 0.2) is 0 Å². The van der Waals surface area contributed by atoms with Crippen molar-refractivity contribution in [2.24, 2.45) is 5.41 Å². The number of aliphatic hydroxyl groups is 1. The van der Waals surface area contributed by atoms with Crippen molar-refractivity contribution < 1.29 is 5.11 Å². The highest BCUT2D eigenvalue weighted by Crippen LogP contribution is 2.36. The van der Waals surface area contributed by atoms with Gasteiger partial charge < -0.3 is 5.11 Å². The van der Waals surface area contributed by atoms with E-state index in [9.17, 15) is 5.11 Å². The van der Waals surface area contributed by atoms with Crippen molar-refractivity contribution in [2.45, 2.75) is 49.9 Å². The third kappa shape index (κ3) is 4.49. The fraction of sp³-hybridized carbons (Fsp3) is 0.600. The minimum atomic E-state index is -0.389. The van der Waals surface area contributed by atoms with E-state index in [2.05, 4.69) is 19.1 Å². The van der Waals surface area contributed by atoms with Crippen LogP contribution in [0.1, 0.15) is 33.6 Å². The Morgan fingerprint density at radius 3 is 2.39 bits per heavy atom. The lowest BCUT2D eigenvalue weighted by Crippen LogP contribution is -2.39. The van der Waals surface area contributed by atoms with Gasteiger partial charge in [0.2, 0.25) is 0 Å². The average molecular weight is 287 g/mol. The van der Waals surface area contributed by atoms with E-state index in [1.54, 1.807) is 11.8 Å². The fourth-order valence-electron chi connectivity index (χ4n) is 1.82. The van der Waals surface area contributed by atoms with Gasteiger partial charge in [-0.15, -0.1) is 23.4 Å². The third-order valence-corrected chi connectivity index (χ3v) is 5.13. The lowest BCUT2D eigenvalue weighted by atomic mass is 9.85. The number of aliphatic hydroxyl groups excluding tert-OH is 1. The number of hydrogen-bond acceptors (Lipinski definition) is 2. The number of thioether (sulfide) groups is 1. The molecule has 0 saturated heterocycles. The van der Waals surface area contributed by atoms with E-state index < -0.39 is 0 Å². The number of alkyl halides is 1. The second-order valence-corrected chi connectivity index (χ2v) is 6.90. The minimum absolute atomic E-state index is 0.200. The summed E-state index contributed by atoms with van der Waals surface area (Å²) in [5, 5.41) is 10.7. The summed E-state index contributed by atoms with van der Waals surface area (Å²) in [5.41, 5.74) is -0.247. The van der Waals surface area contributed by atoms with Crippen LogP contribution in [-0.2, 0) is 0 Å². The first-order valence-corrected chi connectivity index (χ1v) is 7.88. The largest absolute Gasteiger partial charge is 0.391 e. The number of rotatable bonds is 7. The Bertz CT molecular complexity index is 340. The van der Waals surface area contributed by atoms with Crippen LogP contribution >= 0.6 is 23.4 Å². The summed E-state index contributed by atoms with van der Waals surface area (Å²) in [5.74, 6) is 0.476. The van der Waals surface area contributed by atoms with Crippen LogP contribution < -0.4 is 0 Å². The van der Waals surface area contributed by atoms with Gasteiger partial charge in [-0.2, -0.15) is 0 Å². The van der Waals surface area contributed by atoms with Gasteiger partial charge in [-0.1, -0.05) is 45.4 Å². The molecule has 0 spiro atoms. The Kier molecular flexibility index (Phi) is 6.54. The fourth-order valence-corrected chi connectivity index (χ4v) is 3.49. The minimum Gasteiger partial charge on any atom is -0.391 e. The molecule has 1 aromatic carbocycles. The summed E-state index contributed by atoms with van der Waals surface area (Å²) < 4.78 is 0. The van der Waals surface area contributed by atoms with Crippen molar-refractivity contribution in [3.05, 3.63) is 30.3 Å². The second-order valence-electron chi connectivity index (χ2n) is 5.33. The first kappa shape index (κ1) is 15.9. The topological polar surface area (TPSA) is 20.2 Å². The molecular formula is C15H23ClOS. The van der Waals surface area contributed by atoms with Crippen molar-refractivity contribution in [3.8, 4) is 0 Å². The van der Waals surface area contributed by atoms with Gasteiger partial charge >= 0.3 is 0 Å². The molecular weight excluding hydrogens is 264 g/mol. The van der Waals surface area contributed by atoms with Crippen molar-refractivity contribution in [1.82, 2.24) is 0 Å². The molecule has 2 atom stereocenters. The van der Waals surface area contributed by atoms with Gasteiger partial charge in [-0.25, -0.2) is 0 Å². The zero-order valence-electron chi connectivity index (χ0n) is 11.4. The summed E-state index contributed by atoms with van der Waals surface area (Å²) in [7, 11) is 0. The van der Waals surface area contributed by atoms with Crippen LogP contribution in [0.3, 0.4) is 0 Å². The molecule has 0 fully saturated rings. The van der Waals surface area contributed by atoms with Crippen molar-refractivity contribution in [1.29, 1.82) is 0 Å². The monoisotopic (exact) mass is 286 g/mol. The molecule has 1 rings (SSSR count). The Labute approximate surface area is 120 Å². The van der Waals surface area contributed by atoms with E-state index in [0.29, 0.717) is 5.88 Å². The highest BCUT2D eigenvalue weighted by Gasteiger charge is 2.33. The van der Waals surface area contributed by atoms with Crippen LogP contribution in [0.15, 0.2) is 35.2 Å². The molecule has 0 amide bonds. The zero-order valence-corrected chi connectivity index (χ0v) is 13.0. The van der Waals surface area contributed by atoms with Crippen LogP contribution in [0.5, 0.6) is 0 Å². The Morgan fingerprint density at radius 2 is 1.89 bits per heavy atom. The van der Waals surface area contributed by atoms with Crippen LogP contribution in [-0.4, -0.2) is 22.3 Å². The van der Waals surface area contributed by atoms with Gasteiger partial charge in [0.05, 0.1) is 6.10 Å².